The molecule has 0 saturated heterocycles. The van der Waals surface area contributed by atoms with Crippen LogP contribution in [-0.4, -0.2) is 18.6 Å². The van der Waals surface area contributed by atoms with Gasteiger partial charge in [-0.2, -0.15) is 13.2 Å². The molecule has 1 aromatic rings. The Labute approximate surface area is 109 Å². The molecule has 1 atom stereocenters. The maximum atomic E-state index is 12.2. The minimum absolute atomic E-state index is 0.00473. The summed E-state index contributed by atoms with van der Waals surface area (Å²) < 4.78 is 36.5. The van der Waals surface area contributed by atoms with Crippen molar-refractivity contribution in [2.24, 2.45) is 5.73 Å². The second-order valence-corrected chi connectivity index (χ2v) is 5.00. The minimum Gasteiger partial charge on any atom is -0.329 e. The van der Waals surface area contributed by atoms with Gasteiger partial charge in [-0.15, -0.1) is 0 Å². The fourth-order valence-electron chi connectivity index (χ4n) is 1.56. The number of hydrogen-bond acceptors (Lipinski definition) is 3. The van der Waals surface area contributed by atoms with Gasteiger partial charge in [-0.25, -0.2) is 0 Å². The molecule has 0 aliphatic rings. The molecule has 0 aliphatic carbocycles. The van der Waals surface area contributed by atoms with Gasteiger partial charge in [-0.1, -0.05) is 19.1 Å². The van der Waals surface area contributed by atoms with E-state index in [1.807, 2.05) is 6.92 Å². The topological polar surface area (TPSA) is 38.0 Å². The SMILES string of the molecule is CCCNC(CN)c1ccc(SC(F)(F)F)cc1. The van der Waals surface area contributed by atoms with Gasteiger partial charge in [0.1, 0.15) is 0 Å². The highest BCUT2D eigenvalue weighted by atomic mass is 32.2. The van der Waals surface area contributed by atoms with Gasteiger partial charge in [0.25, 0.3) is 0 Å². The first-order chi connectivity index (χ1) is 8.46. The number of thioether (sulfide) groups is 1. The Kier molecular flexibility index (Phi) is 5.98. The third kappa shape index (κ3) is 5.29. The van der Waals surface area contributed by atoms with Crippen LogP contribution in [0.1, 0.15) is 24.9 Å². The van der Waals surface area contributed by atoms with Crippen molar-refractivity contribution < 1.29 is 13.2 Å². The van der Waals surface area contributed by atoms with Crippen LogP contribution >= 0.6 is 11.8 Å². The summed E-state index contributed by atoms with van der Waals surface area (Å²) in [6.45, 7) is 3.30. The van der Waals surface area contributed by atoms with Crippen molar-refractivity contribution in [2.45, 2.75) is 29.8 Å². The number of hydrogen-bond donors (Lipinski definition) is 2. The smallest absolute Gasteiger partial charge is 0.329 e. The van der Waals surface area contributed by atoms with Crippen LogP contribution in [0.2, 0.25) is 0 Å². The van der Waals surface area contributed by atoms with Gasteiger partial charge >= 0.3 is 5.51 Å². The minimum atomic E-state index is -4.24. The summed E-state index contributed by atoms with van der Waals surface area (Å²) in [4.78, 5) is 0.192. The Bertz CT molecular complexity index is 351. The summed E-state index contributed by atoms with van der Waals surface area (Å²) in [6, 6.07) is 6.32. The zero-order chi connectivity index (χ0) is 13.6. The molecule has 0 amide bonds. The van der Waals surface area contributed by atoms with Crippen LogP contribution in [-0.2, 0) is 0 Å². The van der Waals surface area contributed by atoms with Crippen molar-refractivity contribution in [1.82, 2.24) is 5.32 Å². The Morgan fingerprint density at radius 2 is 1.89 bits per heavy atom. The lowest BCUT2D eigenvalue weighted by molar-refractivity contribution is -0.0328. The molecule has 18 heavy (non-hydrogen) atoms. The summed E-state index contributed by atoms with van der Waals surface area (Å²) in [6.07, 6.45) is 0.985. The van der Waals surface area contributed by atoms with E-state index in [1.54, 1.807) is 12.1 Å². The monoisotopic (exact) mass is 278 g/mol. The third-order valence-electron chi connectivity index (χ3n) is 2.39. The second kappa shape index (κ2) is 7.01. The highest BCUT2D eigenvalue weighted by Crippen LogP contribution is 2.36. The third-order valence-corrected chi connectivity index (χ3v) is 3.13. The Balaban J connectivity index is 2.68. The number of nitrogens with two attached hydrogens (primary N) is 1. The van der Waals surface area contributed by atoms with Gasteiger partial charge in [0.05, 0.1) is 0 Å². The van der Waals surface area contributed by atoms with Crippen LogP contribution < -0.4 is 11.1 Å². The van der Waals surface area contributed by atoms with E-state index in [2.05, 4.69) is 5.32 Å². The van der Waals surface area contributed by atoms with Gasteiger partial charge in [-0.3, -0.25) is 0 Å². The Morgan fingerprint density at radius 3 is 2.33 bits per heavy atom. The summed E-state index contributed by atoms with van der Waals surface area (Å²) in [7, 11) is 0. The van der Waals surface area contributed by atoms with E-state index < -0.39 is 5.51 Å². The lowest BCUT2D eigenvalue weighted by atomic mass is 10.1. The highest BCUT2D eigenvalue weighted by molar-refractivity contribution is 8.00. The fourth-order valence-corrected chi connectivity index (χ4v) is 2.10. The quantitative estimate of drug-likeness (QED) is 0.784. The molecule has 1 rings (SSSR count). The first kappa shape index (κ1) is 15.3. The van der Waals surface area contributed by atoms with Gasteiger partial charge in [0.2, 0.25) is 0 Å². The van der Waals surface area contributed by atoms with Crippen molar-refractivity contribution in [3.05, 3.63) is 29.8 Å². The van der Waals surface area contributed by atoms with Crippen LogP contribution in [0, 0.1) is 0 Å². The number of alkyl halides is 3. The van der Waals surface area contributed by atoms with E-state index in [4.69, 9.17) is 5.73 Å². The molecule has 0 spiro atoms. The molecule has 3 N–H and O–H groups in total. The molecule has 0 radical (unpaired) electrons. The average molecular weight is 278 g/mol. The number of nitrogens with one attached hydrogen (secondary N) is 1. The van der Waals surface area contributed by atoms with Crippen LogP contribution in [0.4, 0.5) is 13.2 Å². The molecular formula is C12H17F3N2S. The maximum absolute atomic E-state index is 12.2. The van der Waals surface area contributed by atoms with E-state index in [0.29, 0.717) is 6.54 Å². The normalized spacial score (nSPS) is 13.6. The number of halogens is 3. The van der Waals surface area contributed by atoms with E-state index in [9.17, 15) is 13.2 Å². The van der Waals surface area contributed by atoms with Crippen molar-refractivity contribution in [3.63, 3.8) is 0 Å². The van der Waals surface area contributed by atoms with Crippen molar-refractivity contribution >= 4 is 11.8 Å². The maximum Gasteiger partial charge on any atom is 0.446 e. The van der Waals surface area contributed by atoms with E-state index >= 15 is 0 Å². The van der Waals surface area contributed by atoms with Gasteiger partial charge in [0.15, 0.2) is 0 Å². The van der Waals surface area contributed by atoms with E-state index in [-0.39, 0.29) is 22.7 Å². The molecule has 0 saturated carbocycles. The summed E-state index contributed by atoms with van der Waals surface area (Å²) in [5, 5.41) is 3.25. The van der Waals surface area contributed by atoms with Crippen molar-refractivity contribution in [3.8, 4) is 0 Å². The molecule has 0 bridgehead atoms. The lowest BCUT2D eigenvalue weighted by Crippen LogP contribution is -2.28. The molecule has 0 aliphatic heterocycles. The Hall–Kier alpha value is -0.720. The molecular weight excluding hydrogens is 261 g/mol. The van der Waals surface area contributed by atoms with Crippen LogP contribution in [0.25, 0.3) is 0 Å². The van der Waals surface area contributed by atoms with Crippen LogP contribution in [0.3, 0.4) is 0 Å². The predicted octanol–water partition coefficient (Wildman–Crippen LogP) is 3.30. The average Bonchev–Trinajstić information content (AvgIpc) is 2.30. The second-order valence-electron chi connectivity index (χ2n) is 3.86. The summed E-state index contributed by atoms with van der Waals surface area (Å²) in [5.41, 5.74) is 2.31. The first-order valence-electron chi connectivity index (χ1n) is 5.75. The molecule has 0 aromatic heterocycles. The number of benzene rings is 1. The molecule has 2 nitrogen and oxygen atoms in total. The highest BCUT2D eigenvalue weighted by Gasteiger charge is 2.29. The van der Waals surface area contributed by atoms with E-state index in [0.717, 1.165) is 18.5 Å². The first-order valence-corrected chi connectivity index (χ1v) is 6.57. The van der Waals surface area contributed by atoms with Crippen LogP contribution in [0.15, 0.2) is 29.2 Å². The summed E-state index contributed by atoms with van der Waals surface area (Å²) in [5.74, 6) is 0. The van der Waals surface area contributed by atoms with Crippen LogP contribution in [0.5, 0.6) is 0 Å². The lowest BCUT2D eigenvalue weighted by Gasteiger charge is -2.17. The predicted molar refractivity (Wildman–Crippen MR) is 68.4 cm³/mol. The van der Waals surface area contributed by atoms with Crippen molar-refractivity contribution in [1.29, 1.82) is 0 Å². The molecule has 1 aromatic carbocycles. The number of rotatable bonds is 6. The van der Waals surface area contributed by atoms with Crippen molar-refractivity contribution in [2.75, 3.05) is 13.1 Å². The fraction of sp³-hybridized carbons (Fsp3) is 0.500. The molecule has 6 heteroatoms. The molecule has 0 heterocycles. The summed E-state index contributed by atoms with van der Waals surface area (Å²) >= 11 is -0.105. The van der Waals surface area contributed by atoms with Gasteiger partial charge < -0.3 is 11.1 Å². The molecule has 102 valence electrons. The largest absolute Gasteiger partial charge is 0.446 e. The zero-order valence-corrected chi connectivity index (χ0v) is 10.9. The Morgan fingerprint density at radius 1 is 1.28 bits per heavy atom. The van der Waals surface area contributed by atoms with Gasteiger partial charge in [0, 0.05) is 17.5 Å². The molecule has 0 fully saturated rings. The standard InChI is InChI=1S/C12H17F3N2S/c1-2-7-17-11(8-16)9-3-5-10(6-4-9)18-12(13,14)15/h3-6,11,17H,2,7-8,16H2,1H3. The zero-order valence-electron chi connectivity index (χ0n) is 10.1. The molecule has 1 unspecified atom stereocenters. The van der Waals surface area contributed by atoms with E-state index in [1.165, 1.54) is 12.1 Å². The van der Waals surface area contributed by atoms with Gasteiger partial charge in [-0.05, 0) is 42.4 Å².